The summed E-state index contributed by atoms with van der Waals surface area (Å²) >= 11 is 0. The Morgan fingerprint density at radius 3 is 2.25 bits per heavy atom. The number of hydrogen-bond donors (Lipinski definition) is 4. The van der Waals surface area contributed by atoms with E-state index >= 15 is 0 Å². The van der Waals surface area contributed by atoms with Gasteiger partial charge in [-0.15, -0.1) is 0 Å². The van der Waals surface area contributed by atoms with Crippen LogP contribution >= 0.6 is 0 Å². The first-order valence-electron chi connectivity index (χ1n) is 10.7. The molecular weight excluding hydrogens is 468 g/mol. The highest BCUT2D eigenvalue weighted by Crippen LogP contribution is 2.25. The lowest BCUT2D eigenvalue weighted by atomic mass is 10.0. The summed E-state index contributed by atoms with van der Waals surface area (Å²) in [4.78, 5) is 47.9. The van der Waals surface area contributed by atoms with Crippen LogP contribution in [0.4, 0.5) is 5.69 Å². The van der Waals surface area contributed by atoms with Crippen LogP contribution in [-0.4, -0.2) is 31.9 Å². The molecule has 2 amide bonds. The van der Waals surface area contributed by atoms with Crippen molar-refractivity contribution in [1.82, 2.24) is 15.8 Å². The first kappa shape index (κ1) is 24.3. The number of fused-ring (bicyclic) bond motifs is 1. The van der Waals surface area contributed by atoms with E-state index in [1.165, 1.54) is 36.7 Å². The summed E-state index contributed by atoms with van der Waals surface area (Å²) in [5.74, 6) is -1.44. The molecule has 0 saturated carbocycles. The van der Waals surface area contributed by atoms with Gasteiger partial charge in [-0.1, -0.05) is 24.3 Å². The lowest BCUT2D eigenvalue weighted by Crippen LogP contribution is -2.41. The van der Waals surface area contributed by atoms with Gasteiger partial charge in [-0.25, -0.2) is 9.98 Å². The van der Waals surface area contributed by atoms with Crippen molar-refractivity contribution in [3.63, 3.8) is 0 Å². The fourth-order valence-electron chi connectivity index (χ4n) is 3.40. The van der Waals surface area contributed by atoms with Gasteiger partial charge < -0.3 is 10.2 Å². The molecule has 4 N–H and O–H groups in total. The molecule has 2 aromatic carbocycles. The van der Waals surface area contributed by atoms with Crippen LogP contribution in [-0.2, 0) is 4.79 Å². The number of benzene rings is 2. The van der Waals surface area contributed by atoms with Gasteiger partial charge in [0.25, 0.3) is 17.5 Å². The highest BCUT2D eigenvalue weighted by atomic mass is 16.6. The van der Waals surface area contributed by atoms with Crippen LogP contribution in [0.3, 0.4) is 0 Å². The Kier molecular flexibility index (Phi) is 6.90. The van der Waals surface area contributed by atoms with E-state index in [2.05, 4.69) is 25.8 Å². The normalized spacial score (nSPS) is 15.5. The molecule has 3 aromatic rings. The predicted octanol–water partition coefficient (Wildman–Crippen LogP) is 0.702. The number of nitrogens with zero attached hydrogens (tertiary/aromatic N) is 4. The molecule has 2 heterocycles. The van der Waals surface area contributed by atoms with Gasteiger partial charge in [0.05, 0.1) is 27.4 Å². The number of rotatable bonds is 7. The fraction of sp³-hybridized carbons (Fsp3) is 0.125. The molecule has 1 aromatic heterocycles. The molecule has 0 bridgehead atoms. The van der Waals surface area contributed by atoms with Crippen molar-refractivity contribution in [3.05, 3.63) is 116 Å². The Morgan fingerprint density at radius 1 is 0.944 bits per heavy atom. The largest absolute Gasteiger partial charge is 0.389 e. The van der Waals surface area contributed by atoms with Crippen LogP contribution in [0.25, 0.3) is 0 Å². The van der Waals surface area contributed by atoms with E-state index in [0.717, 1.165) is 6.07 Å². The van der Waals surface area contributed by atoms with Crippen molar-refractivity contribution in [1.29, 1.82) is 0 Å². The number of hydrazine groups is 1. The molecule has 0 spiro atoms. The number of nitrogens with one attached hydrogen (secondary N) is 2. The first-order valence-corrected chi connectivity index (χ1v) is 10.7. The fourth-order valence-corrected chi connectivity index (χ4v) is 3.40. The molecule has 0 aliphatic carbocycles. The first-order chi connectivity index (χ1) is 17.2. The highest BCUT2D eigenvalue weighted by Gasteiger charge is 2.25. The Labute approximate surface area is 203 Å². The van der Waals surface area contributed by atoms with Gasteiger partial charge in [0, 0.05) is 30.1 Å². The standard InChI is InChI=1S/C24H20N6O6/c1-13(31)14-2-4-15(5-3-14)22(32)20(28-29-23(33)16-8-10-25-11-9-16)21-24(34)27-19-12-17(30(35)36)6-7-18(19)26-21/h2-13,22,28,31-32H,1H3,(H,29,33). The Hall–Kier alpha value is -4.81. The Bertz CT molecular complexity index is 1490. The van der Waals surface area contributed by atoms with Crippen LogP contribution in [0.2, 0.25) is 0 Å². The maximum Gasteiger partial charge on any atom is 0.298 e. The number of nitro groups is 1. The van der Waals surface area contributed by atoms with Gasteiger partial charge in [0.2, 0.25) is 0 Å². The smallest absolute Gasteiger partial charge is 0.298 e. The number of hydrogen-bond acceptors (Lipinski definition) is 9. The third-order valence-corrected chi connectivity index (χ3v) is 5.34. The summed E-state index contributed by atoms with van der Waals surface area (Å²) in [7, 11) is 0. The number of non-ortho nitro benzene ring substituents is 1. The molecule has 1 aliphatic rings. The predicted molar refractivity (Wildman–Crippen MR) is 124 cm³/mol. The number of aliphatic hydroxyl groups excluding tert-OH is 2. The van der Waals surface area contributed by atoms with Gasteiger partial charge in [-0.2, -0.15) is 0 Å². The molecule has 12 heteroatoms. The number of carbonyl (C=O) groups is 2. The molecule has 12 nitrogen and oxygen atoms in total. The second-order valence-corrected chi connectivity index (χ2v) is 7.78. The van der Waals surface area contributed by atoms with E-state index in [4.69, 9.17) is 0 Å². The summed E-state index contributed by atoms with van der Waals surface area (Å²) in [6.45, 7) is 1.60. The zero-order chi connectivity index (χ0) is 25.8. The van der Waals surface area contributed by atoms with Gasteiger partial charge in [-0.05, 0) is 36.2 Å². The van der Waals surface area contributed by atoms with Crippen molar-refractivity contribution in [2.24, 2.45) is 9.98 Å². The number of carbonyl (C=O) groups excluding carboxylic acids is 2. The topological polar surface area (TPSA) is 179 Å². The lowest BCUT2D eigenvalue weighted by molar-refractivity contribution is -0.385. The van der Waals surface area contributed by atoms with Gasteiger partial charge >= 0.3 is 0 Å². The molecule has 0 radical (unpaired) electrons. The third-order valence-electron chi connectivity index (χ3n) is 5.34. The molecule has 2 unspecified atom stereocenters. The SMILES string of the molecule is CC(O)c1ccc(C(O)C(NNC(=O)c2ccncc2)=C2N=c3ccc([N+](=O)[O-])cc3=NC2=O)cc1. The lowest BCUT2D eigenvalue weighted by Gasteiger charge is -2.21. The average molecular weight is 488 g/mol. The number of pyridine rings is 1. The maximum absolute atomic E-state index is 12.9. The van der Waals surface area contributed by atoms with E-state index in [1.54, 1.807) is 31.2 Å². The monoisotopic (exact) mass is 488 g/mol. The summed E-state index contributed by atoms with van der Waals surface area (Å²) < 4.78 is 0. The van der Waals surface area contributed by atoms with Crippen molar-refractivity contribution in [3.8, 4) is 0 Å². The Balaban J connectivity index is 1.76. The number of aliphatic hydroxyl groups is 2. The van der Waals surface area contributed by atoms with E-state index in [0.29, 0.717) is 11.1 Å². The summed E-state index contributed by atoms with van der Waals surface area (Å²) in [5.41, 5.74) is 5.53. The zero-order valence-electron chi connectivity index (χ0n) is 18.8. The van der Waals surface area contributed by atoms with E-state index in [1.807, 2.05) is 0 Å². The summed E-state index contributed by atoms with van der Waals surface area (Å²) in [6, 6.07) is 13.0. The molecular formula is C24H20N6O6. The van der Waals surface area contributed by atoms with Gasteiger partial charge in [0.15, 0.2) is 5.70 Å². The van der Waals surface area contributed by atoms with Crippen LogP contribution in [0.1, 0.15) is 40.6 Å². The number of nitro benzene ring substituents is 1. The molecule has 182 valence electrons. The molecule has 0 saturated heterocycles. The zero-order valence-corrected chi connectivity index (χ0v) is 18.8. The second-order valence-electron chi connectivity index (χ2n) is 7.78. The highest BCUT2D eigenvalue weighted by molar-refractivity contribution is 5.96. The van der Waals surface area contributed by atoms with E-state index in [9.17, 15) is 29.9 Å². The van der Waals surface area contributed by atoms with E-state index in [-0.39, 0.29) is 33.4 Å². The van der Waals surface area contributed by atoms with Crippen molar-refractivity contribution >= 4 is 17.5 Å². The van der Waals surface area contributed by atoms with Crippen LogP contribution in [0.15, 0.2) is 88.4 Å². The summed E-state index contributed by atoms with van der Waals surface area (Å²) in [6.07, 6.45) is 0.688. The minimum atomic E-state index is -1.46. The number of amides is 2. The van der Waals surface area contributed by atoms with Crippen molar-refractivity contribution in [2.45, 2.75) is 19.1 Å². The average Bonchev–Trinajstić information content (AvgIpc) is 2.88. The van der Waals surface area contributed by atoms with Crippen LogP contribution in [0, 0.1) is 10.1 Å². The van der Waals surface area contributed by atoms with E-state index < -0.39 is 28.9 Å². The molecule has 0 fully saturated rings. The van der Waals surface area contributed by atoms with Crippen LogP contribution in [0.5, 0.6) is 0 Å². The molecule has 2 atom stereocenters. The molecule has 1 aliphatic heterocycles. The second kappa shape index (κ2) is 10.2. The number of aromatic nitrogens is 1. The van der Waals surface area contributed by atoms with Crippen molar-refractivity contribution < 1.29 is 24.7 Å². The quantitative estimate of drug-likeness (QED) is 0.213. The Morgan fingerprint density at radius 2 is 1.61 bits per heavy atom. The van der Waals surface area contributed by atoms with Crippen molar-refractivity contribution in [2.75, 3.05) is 0 Å². The minimum Gasteiger partial charge on any atom is -0.389 e. The third kappa shape index (κ3) is 5.14. The maximum atomic E-state index is 12.9. The van der Waals surface area contributed by atoms with Gasteiger partial charge in [0.1, 0.15) is 6.10 Å². The van der Waals surface area contributed by atoms with Crippen LogP contribution < -0.4 is 21.6 Å². The molecule has 36 heavy (non-hydrogen) atoms. The minimum absolute atomic E-state index is 0.00824. The molecule has 4 rings (SSSR count). The summed E-state index contributed by atoms with van der Waals surface area (Å²) in [5, 5.41) is 32.1. The van der Waals surface area contributed by atoms with Gasteiger partial charge in [-0.3, -0.25) is 35.5 Å².